The van der Waals surface area contributed by atoms with Crippen molar-refractivity contribution >= 4 is 0 Å². The first-order valence-electron chi connectivity index (χ1n) is 6.35. The van der Waals surface area contributed by atoms with Crippen molar-refractivity contribution in [3.05, 3.63) is 0 Å². The van der Waals surface area contributed by atoms with Gasteiger partial charge in [0.1, 0.15) is 0 Å². The molecule has 0 spiro atoms. The molecule has 4 nitrogen and oxygen atoms in total. The SMILES string of the molecule is COCCOCCN1CCCNC(C)CC1. The Morgan fingerprint density at radius 3 is 2.94 bits per heavy atom. The normalized spacial score (nSPS) is 24.0. The lowest BCUT2D eigenvalue weighted by molar-refractivity contribution is 0.0556. The summed E-state index contributed by atoms with van der Waals surface area (Å²) in [6.07, 6.45) is 2.47. The molecule has 0 aromatic heterocycles. The first kappa shape index (κ1) is 13.9. The lowest BCUT2D eigenvalue weighted by atomic mass is 10.2. The maximum Gasteiger partial charge on any atom is 0.0700 e. The van der Waals surface area contributed by atoms with Gasteiger partial charge in [0, 0.05) is 19.7 Å². The minimum absolute atomic E-state index is 0.650. The largest absolute Gasteiger partial charge is 0.382 e. The third kappa shape index (κ3) is 6.43. The molecule has 16 heavy (non-hydrogen) atoms. The van der Waals surface area contributed by atoms with Gasteiger partial charge in [-0.2, -0.15) is 0 Å². The Morgan fingerprint density at radius 1 is 1.25 bits per heavy atom. The zero-order valence-corrected chi connectivity index (χ0v) is 10.7. The second-order valence-electron chi connectivity index (χ2n) is 4.44. The second kappa shape index (κ2) is 8.93. The van der Waals surface area contributed by atoms with Gasteiger partial charge in [0.05, 0.1) is 19.8 Å². The number of hydrogen-bond donors (Lipinski definition) is 1. The van der Waals surface area contributed by atoms with Gasteiger partial charge in [0.25, 0.3) is 0 Å². The minimum Gasteiger partial charge on any atom is -0.382 e. The van der Waals surface area contributed by atoms with Crippen LogP contribution in [-0.2, 0) is 9.47 Å². The van der Waals surface area contributed by atoms with Gasteiger partial charge in [-0.05, 0) is 39.4 Å². The molecule has 1 aliphatic heterocycles. The van der Waals surface area contributed by atoms with E-state index in [-0.39, 0.29) is 0 Å². The first-order valence-corrected chi connectivity index (χ1v) is 6.35. The lowest BCUT2D eigenvalue weighted by Gasteiger charge is -2.27. The van der Waals surface area contributed by atoms with E-state index < -0.39 is 0 Å². The third-order valence-electron chi connectivity index (χ3n) is 3.01. The van der Waals surface area contributed by atoms with Gasteiger partial charge in [-0.3, -0.25) is 0 Å². The maximum absolute atomic E-state index is 5.49. The van der Waals surface area contributed by atoms with Crippen LogP contribution in [0.15, 0.2) is 0 Å². The fourth-order valence-corrected chi connectivity index (χ4v) is 1.90. The molecule has 1 heterocycles. The molecule has 1 fully saturated rings. The summed E-state index contributed by atoms with van der Waals surface area (Å²) < 4.78 is 10.4. The van der Waals surface area contributed by atoms with E-state index in [4.69, 9.17) is 9.47 Å². The van der Waals surface area contributed by atoms with Gasteiger partial charge in [-0.1, -0.05) is 0 Å². The van der Waals surface area contributed by atoms with Crippen LogP contribution in [0.5, 0.6) is 0 Å². The number of nitrogens with one attached hydrogen (secondary N) is 1. The van der Waals surface area contributed by atoms with Crippen molar-refractivity contribution in [3.63, 3.8) is 0 Å². The van der Waals surface area contributed by atoms with Crippen LogP contribution >= 0.6 is 0 Å². The highest BCUT2D eigenvalue weighted by Crippen LogP contribution is 2.01. The average molecular weight is 230 g/mol. The number of ether oxygens (including phenoxy) is 2. The van der Waals surface area contributed by atoms with Crippen molar-refractivity contribution < 1.29 is 9.47 Å². The van der Waals surface area contributed by atoms with Gasteiger partial charge in [-0.15, -0.1) is 0 Å². The van der Waals surface area contributed by atoms with E-state index in [1.807, 2.05) is 0 Å². The fourth-order valence-electron chi connectivity index (χ4n) is 1.90. The quantitative estimate of drug-likeness (QED) is 0.682. The standard InChI is InChI=1S/C12H26N2O2/c1-12-4-7-14(6-3-5-13-12)8-9-16-11-10-15-2/h12-13H,3-11H2,1-2H3. The number of rotatable bonds is 6. The van der Waals surface area contributed by atoms with Crippen molar-refractivity contribution in [2.45, 2.75) is 25.8 Å². The van der Waals surface area contributed by atoms with Crippen molar-refractivity contribution in [3.8, 4) is 0 Å². The van der Waals surface area contributed by atoms with E-state index in [9.17, 15) is 0 Å². The Balaban J connectivity index is 2.05. The van der Waals surface area contributed by atoms with Gasteiger partial charge in [0.2, 0.25) is 0 Å². The van der Waals surface area contributed by atoms with Crippen LogP contribution in [0.2, 0.25) is 0 Å². The van der Waals surface area contributed by atoms with Crippen LogP contribution in [0, 0.1) is 0 Å². The summed E-state index contributed by atoms with van der Waals surface area (Å²) in [6, 6.07) is 0.650. The number of hydrogen-bond acceptors (Lipinski definition) is 4. The summed E-state index contributed by atoms with van der Waals surface area (Å²) in [4.78, 5) is 2.50. The molecule has 0 saturated carbocycles. The molecule has 0 amide bonds. The molecule has 1 rings (SSSR count). The highest BCUT2D eigenvalue weighted by molar-refractivity contribution is 4.69. The van der Waals surface area contributed by atoms with Crippen LogP contribution in [0.25, 0.3) is 0 Å². The summed E-state index contributed by atoms with van der Waals surface area (Å²) in [5, 5.41) is 3.51. The first-order chi connectivity index (χ1) is 7.83. The molecule has 0 aromatic carbocycles. The lowest BCUT2D eigenvalue weighted by Crippen LogP contribution is -2.39. The van der Waals surface area contributed by atoms with E-state index >= 15 is 0 Å². The topological polar surface area (TPSA) is 33.7 Å². The Labute approximate surface area is 99.3 Å². The monoisotopic (exact) mass is 230 g/mol. The summed E-state index contributed by atoms with van der Waals surface area (Å²) in [6.45, 7) is 9.06. The van der Waals surface area contributed by atoms with E-state index in [1.165, 1.54) is 25.9 Å². The molecule has 0 bridgehead atoms. The third-order valence-corrected chi connectivity index (χ3v) is 3.01. The molecule has 1 saturated heterocycles. The number of methoxy groups -OCH3 is 1. The van der Waals surface area contributed by atoms with Crippen molar-refractivity contribution in [2.75, 3.05) is 53.1 Å². The molecular formula is C12H26N2O2. The van der Waals surface area contributed by atoms with Crippen molar-refractivity contribution in [1.29, 1.82) is 0 Å². The maximum atomic E-state index is 5.49. The zero-order chi connectivity index (χ0) is 11.6. The van der Waals surface area contributed by atoms with Crippen LogP contribution in [-0.4, -0.2) is 64.1 Å². The molecule has 0 aromatic rings. The zero-order valence-electron chi connectivity index (χ0n) is 10.7. The highest BCUT2D eigenvalue weighted by Gasteiger charge is 2.10. The molecule has 4 heteroatoms. The predicted molar refractivity (Wildman–Crippen MR) is 65.8 cm³/mol. The molecule has 0 radical (unpaired) electrons. The molecule has 96 valence electrons. The van der Waals surface area contributed by atoms with Gasteiger partial charge >= 0.3 is 0 Å². The predicted octanol–water partition coefficient (Wildman–Crippen LogP) is 0.723. The van der Waals surface area contributed by atoms with E-state index in [1.54, 1.807) is 7.11 Å². The van der Waals surface area contributed by atoms with E-state index in [2.05, 4.69) is 17.1 Å². The van der Waals surface area contributed by atoms with Gasteiger partial charge in [0.15, 0.2) is 0 Å². The average Bonchev–Trinajstić information content (AvgIpc) is 2.27. The summed E-state index contributed by atoms with van der Waals surface area (Å²) in [5.74, 6) is 0. The Hall–Kier alpha value is -0.160. The Kier molecular flexibility index (Phi) is 7.76. The minimum atomic E-state index is 0.650. The molecule has 1 atom stereocenters. The molecule has 1 unspecified atom stereocenters. The Morgan fingerprint density at radius 2 is 2.12 bits per heavy atom. The number of nitrogens with zero attached hydrogens (tertiary/aromatic N) is 1. The summed E-state index contributed by atoms with van der Waals surface area (Å²) >= 11 is 0. The van der Waals surface area contributed by atoms with Gasteiger partial charge < -0.3 is 19.7 Å². The summed E-state index contributed by atoms with van der Waals surface area (Å²) in [7, 11) is 1.70. The molecule has 0 aliphatic carbocycles. The van der Waals surface area contributed by atoms with Crippen LogP contribution < -0.4 is 5.32 Å². The van der Waals surface area contributed by atoms with E-state index in [0.29, 0.717) is 19.3 Å². The van der Waals surface area contributed by atoms with Crippen LogP contribution in [0.4, 0.5) is 0 Å². The van der Waals surface area contributed by atoms with Crippen molar-refractivity contribution in [1.82, 2.24) is 10.2 Å². The van der Waals surface area contributed by atoms with E-state index in [0.717, 1.165) is 19.7 Å². The van der Waals surface area contributed by atoms with Gasteiger partial charge in [-0.25, -0.2) is 0 Å². The highest BCUT2D eigenvalue weighted by atomic mass is 16.5. The molecular weight excluding hydrogens is 204 g/mol. The molecule has 1 aliphatic rings. The summed E-state index contributed by atoms with van der Waals surface area (Å²) in [5.41, 5.74) is 0. The smallest absolute Gasteiger partial charge is 0.0700 e. The van der Waals surface area contributed by atoms with Crippen molar-refractivity contribution in [2.24, 2.45) is 0 Å². The second-order valence-corrected chi connectivity index (χ2v) is 4.44. The fraction of sp³-hybridized carbons (Fsp3) is 1.00. The molecule has 1 N–H and O–H groups in total. The van der Waals surface area contributed by atoms with Crippen LogP contribution in [0.3, 0.4) is 0 Å². The Bertz CT molecular complexity index is 167. The van der Waals surface area contributed by atoms with Crippen LogP contribution in [0.1, 0.15) is 19.8 Å².